The van der Waals surface area contributed by atoms with E-state index in [0.29, 0.717) is 12.8 Å². The van der Waals surface area contributed by atoms with Crippen LogP contribution in [0.5, 0.6) is 0 Å². The van der Waals surface area contributed by atoms with Gasteiger partial charge in [-0.2, -0.15) is 0 Å². The van der Waals surface area contributed by atoms with Crippen LogP contribution in [0.3, 0.4) is 0 Å². The average Bonchev–Trinajstić information content (AvgIpc) is 2.82. The molecule has 1 aliphatic heterocycles. The van der Waals surface area contributed by atoms with E-state index in [1.807, 2.05) is 12.1 Å². The molecule has 0 saturated carbocycles. The lowest BCUT2D eigenvalue weighted by atomic mass is 9.98. The number of rotatable bonds is 2. The first kappa shape index (κ1) is 11.4. The van der Waals surface area contributed by atoms with Crippen molar-refractivity contribution in [3.63, 3.8) is 0 Å². The summed E-state index contributed by atoms with van der Waals surface area (Å²) in [5.74, 6) is -0.880. The molecule has 2 aromatic heterocycles. The second-order valence-corrected chi connectivity index (χ2v) is 5.38. The van der Waals surface area contributed by atoms with Gasteiger partial charge in [0.15, 0.2) is 5.13 Å². The maximum absolute atomic E-state index is 10.9. The van der Waals surface area contributed by atoms with Gasteiger partial charge >= 0.3 is 5.97 Å². The van der Waals surface area contributed by atoms with Crippen LogP contribution >= 0.6 is 11.3 Å². The lowest BCUT2D eigenvalue weighted by Crippen LogP contribution is -2.36. The highest BCUT2D eigenvalue weighted by Gasteiger charge is 2.25. The number of aliphatic carboxylic acids is 1. The SMILES string of the molecule is O=C(O)C1CCN(c2nc3cccnc3s2)CC1. The van der Waals surface area contributed by atoms with Crippen molar-refractivity contribution in [2.45, 2.75) is 12.8 Å². The van der Waals surface area contributed by atoms with Gasteiger partial charge in [-0.3, -0.25) is 4.79 Å². The van der Waals surface area contributed by atoms with E-state index < -0.39 is 5.97 Å². The number of aromatic nitrogens is 2. The summed E-state index contributed by atoms with van der Waals surface area (Å²) < 4.78 is 0. The predicted octanol–water partition coefficient (Wildman–Crippen LogP) is 1.99. The van der Waals surface area contributed by atoms with E-state index in [1.165, 1.54) is 0 Å². The summed E-state index contributed by atoms with van der Waals surface area (Å²) in [5.41, 5.74) is 0.915. The van der Waals surface area contributed by atoms with Crippen molar-refractivity contribution in [1.82, 2.24) is 9.97 Å². The smallest absolute Gasteiger partial charge is 0.306 e. The average molecular weight is 263 g/mol. The van der Waals surface area contributed by atoms with Crippen molar-refractivity contribution in [1.29, 1.82) is 0 Å². The lowest BCUT2D eigenvalue weighted by molar-refractivity contribution is -0.142. The molecule has 1 saturated heterocycles. The predicted molar refractivity (Wildman–Crippen MR) is 70.0 cm³/mol. The van der Waals surface area contributed by atoms with Crippen LogP contribution in [-0.4, -0.2) is 34.1 Å². The molecule has 6 heteroatoms. The first-order valence-corrected chi connectivity index (χ1v) is 6.75. The molecule has 1 fully saturated rings. The molecule has 5 nitrogen and oxygen atoms in total. The third-order valence-electron chi connectivity index (χ3n) is 3.27. The molecule has 0 bridgehead atoms. The first-order chi connectivity index (χ1) is 8.74. The van der Waals surface area contributed by atoms with Crippen LogP contribution in [0.1, 0.15) is 12.8 Å². The monoisotopic (exact) mass is 263 g/mol. The zero-order valence-corrected chi connectivity index (χ0v) is 10.6. The summed E-state index contributed by atoms with van der Waals surface area (Å²) in [4.78, 5) is 22.8. The second kappa shape index (κ2) is 4.53. The van der Waals surface area contributed by atoms with E-state index in [4.69, 9.17) is 5.11 Å². The van der Waals surface area contributed by atoms with Gasteiger partial charge in [-0.25, -0.2) is 9.97 Å². The molecule has 0 aromatic carbocycles. The van der Waals surface area contributed by atoms with E-state index in [9.17, 15) is 4.79 Å². The van der Waals surface area contributed by atoms with E-state index >= 15 is 0 Å². The van der Waals surface area contributed by atoms with Crippen molar-refractivity contribution in [3.8, 4) is 0 Å². The Labute approximate surface area is 108 Å². The number of piperidine rings is 1. The van der Waals surface area contributed by atoms with Gasteiger partial charge in [0.25, 0.3) is 0 Å². The third-order valence-corrected chi connectivity index (χ3v) is 4.31. The number of pyridine rings is 1. The molecule has 1 aliphatic rings. The minimum Gasteiger partial charge on any atom is -0.481 e. The standard InChI is InChI=1S/C12H13N3O2S/c16-11(17)8-3-6-15(7-4-8)12-14-9-2-1-5-13-10(9)18-12/h1-2,5,8H,3-4,6-7H2,(H,16,17). The number of carbonyl (C=O) groups is 1. The van der Waals surface area contributed by atoms with Crippen LogP contribution in [-0.2, 0) is 4.79 Å². The highest BCUT2D eigenvalue weighted by Crippen LogP contribution is 2.30. The Morgan fingerprint density at radius 1 is 1.44 bits per heavy atom. The van der Waals surface area contributed by atoms with Gasteiger partial charge in [-0.15, -0.1) is 0 Å². The molecule has 2 aromatic rings. The highest BCUT2D eigenvalue weighted by atomic mass is 32.1. The third kappa shape index (κ3) is 2.03. The number of nitrogens with zero attached hydrogens (tertiary/aromatic N) is 3. The fraction of sp³-hybridized carbons (Fsp3) is 0.417. The first-order valence-electron chi connectivity index (χ1n) is 5.93. The number of fused-ring (bicyclic) bond motifs is 1. The summed E-state index contributed by atoms with van der Waals surface area (Å²) in [7, 11) is 0. The molecule has 0 aliphatic carbocycles. The van der Waals surface area contributed by atoms with Crippen LogP contribution in [0.2, 0.25) is 0 Å². The number of hydrogen-bond donors (Lipinski definition) is 1. The Bertz CT molecular complexity index is 542. The second-order valence-electron chi connectivity index (χ2n) is 4.42. The molecular weight excluding hydrogens is 250 g/mol. The van der Waals surface area contributed by atoms with E-state index in [1.54, 1.807) is 17.5 Å². The Kier molecular flexibility index (Phi) is 2.87. The molecular formula is C12H13N3O2S. The maximum Gasteiger partial charge on any atom is 0.306 e. The fourth-order valence-electron chi connectivity index (χ4n) is 2.21. The molecule has 18 heavy (non-hydrogen) atoms. The molecule has 1 N–H and O–H groups in total. The summed E-state index contributed by atoms with van der Waals surface area (Å²) in [5, 5.41) is 9.92. The van der Waals surface area contributed by atoms with Crippen LogP contribution < -0.4 is 4.90 Å². The van der Waals surface area contributed by atoms with Gasteiger partial charge in [0, 0.05) is 19.3 Å². The number of hydrogen-bond acceptors (Lipinski definition) is 5. The number of carboxylic acids is 1. The van der Waals surface area contributed by atoms with Gasteiger partial charge in [0.2, 0.25) is 0 Å². The lowest BCUT2D eigenvalue weighted by Gasteiger charge is -2.29. The molecule has 0 radical (unpaired) electrons. The molecule has 94 valence electrons. The van der Waals surface area contributed by atoms with Gasteiger partial charge in [-0.05, 0) is 25.0 Å². The summed E-state index contributed by atoms with van der Waals surface area (Å²) >= 11 is 1.57. The normalized spacial score (nSPS) is 17.2. The molecule has 0 spiro atoms. The Balaban J connectivity index is 1.78. The van der Waals surface area contributed by atoms with Gasteiger partial charge in [0.05, 0.1) is 5.92 Å². The minimum atomic E-state index is -0.680. The van der Waals surface area contributed by atoms with Gasteiger partial charge < -0.3 is 10.0 Å². The largest absolute Gasteiger partial charge is 0.481 e. The number of anilines is 1. The van der Waals surface area contributed by atoms with Crippen molar-refractivity contribution in [2.24, 2.45) is 5.92 Å². The van der Waals surface area contributed by atoms with Crippen LogP contribution in [0.4, 0.5) is 5.13 Å². The Morgan fingerprint density at radius 2 is 2.22 bits per heavy atom. The highest BCUT2D eigenvalue weighted by molar-refractivity contribution is 7.21. The minimum absolute atomic E-state index is 0.200. The van der Waals surface area contributed by atoms with E-state index in [2.05, 4.69) is 14.9 Å². The zero-order chi connectivity index (χ0) is 12.5. The van der Waals surface area contributed by atoms with Crippen molar-refractivity contribution < 1.29 is 9.90 Å². The Morgan fingerprint density at radius 3 is 2.89 bits per heavy atom. The molecule has 0 amide bonds. The summed E-state index contributed by atoms with van der Waals surface area (Å²) in [6.07, 6.45) is 3.15. The van der Waals surface area contributed by atoms with Crippen LogP contribution in [0.15, 0.2) is 18.3 Å². The maximum atomic E-state index is 10.9. The summed E-state index contributed by atoms with van der Waals surface area (Å²) in [6, 6.07) is 3.83. The summed E-state index contributed by atoms with van der Waals surface area (Å²) in [6.45, 7) is 1.52. The Hall–Kier alpha value is -1.69. The van der Waals surface area contributed by atoms with Gasteiger partial charge in [0.1, 0.15) is 10.3 Å². The van der Waals surface area contributed by atoms with Crippen LogP contribution in [0.25, 0.3) is 10.3 Å². The fourth-order valence-corrected chi connectivity index (χ4v) is 3.17. The molecule has 0 unspecified atom stereocenters. The molecule has 3 rings (SSSR count). The van der Waals surface area contributed by atoms with Gasteiger partial charge in [-0.1, -0.05) is 11.3 Å². The quantitative estimate of drug-likeness (QED) is 0.897. The van der Waals surface area contributed by atoms with E-state index in [-0.39, 0.29) is 5.92 Å². The van der Waals surface area contributed by atoms with Crippen molar-refractivity contribution in [3.05, 3.63) is 18.3 Å². The van der Waals surface area contributed by atoms with E-state index in [0.717, 1.165) is 28.6 Å². The molecule has 3 heterocycles. The topological polar surface area (TPSA) is 66.3 Å². The van der Waals surface area contributed by atoms with Crippen molar-refractivity contribution >= 4 is 32.8 Å². The van der Waals surface area contributed by atoms with Crippen LogP contribution in [0, 0.1) is 5.92 Å². The van der Waals surface area contributed by atoms with Crippen molar-refractivity contribution in [2.75, 3.05) is 18.0 Å². The number of thiazole rings is 1. The number of carboxylic acid groups (broad SMARTS) is 1. The zero-order valence-electron chi connectivity index (χ0n) is 9.74. The molecule has 0 atom stereocenters.